The summed E-state index contributed by atoms with van der Waals surface area (Å²) < 4.78 is 0. The molecule has 0 unspecified atom stereocenters. The minimum absolute atomic E-state index is 0. The van der Waals surface area contributed by atoms with Crippen molar-refractivity contribution in [1.29, 1.82) is 5.26 Å². The maximum atomic E-state index is 9.01. The molecule has 0 spiro atoms. The maximum Gasteiger partial charge on any atom is 0.408 e. The van der Waals surface area contributed by atoms with Gasteiger partial charge in [-0.1, -0.05) is 0 Å². The largest absolute Gasteiger partial charge is 0.470 e. The molecule has 4 heteroatoms. The molecule has 0 aliphatic heterocycles. The van der Waals surface area contributed by atoms with E-state index in [-0.39, 0.29) is 17.1 Å². The zero-order valence-corrected chi connectivity index (χ0v) is 3.76. The van der Waals surface area contributed by atoms with E-state index in [1.54, 1.807) is 0 Å². The molecule has 0 aromatic rings. The second-order valence-corrected chi connectivity index (χ2v) is 0.417. The van der Waals surface area contributed by atoms with Crippen LogP contribution in [0.3, 0.4) is 0 Å². The molecule has 0 saturated carbocycles. The summed E-state index contributed by atoms with van der Waals surface area (Å²) in [5.41, 5.74) is 0. The zero-order chi connectivity index (χ0) is 4.28. The average molecular weight is 127 g/mol. The van der Waals surface area contributed by atoms with Crippen LogP contribution < -0.4 is 0 Å². The van der Waals surface area contributed by atoms with Crippen LogP contribution in [0.5, 0.6) is 0 Å². The van der Waals surface area contributed by atoms with E-state index in [9.17, 15) is 0 Å². The van der Waals surface area contributed by atoms with E-state index >= 15 is 0 Å². The van der Waals surface area contributed by atoms with E-state index in [4.69, 9.17) is 15.2 Å². The predicted molar refractivity (Wildman–Crippen MR) is 13.2 cm³/mol. The molecule has 0 fully saturated rings. The number of hydrogen-bond acceptors (Lipinski definition) is 2. The summed E-state index contributed by atoms with van der Waals surface area (Å²) >= 11 is 0. The standard InChI is InChI=1S/C2HNO2.Fe/c3-1-2(4)5;/h(H,4,5);. The van der Waals surface area contributed by atoms with E-state index in [0.717, 1.165) is 6.07 Å². The van der Waals surface area contributed by atoms with Gasteiger partial charge in [0.2, 0.25) is 0 Å². The quantitative estimate of drug-likeness (QED) is 0.273. The first-order valence-corrected chi connectivity index (χ1v) is 0.901. The van der Waals surface area contributed by atoms with Gasteiger partial charge in [-0.15, -0.1) is 0 Å². The second kappa shape index (κ2) is 4.48. The Morgan fingerprint density at radius 1 is 1.83 bits per heavy atom. The summed E-state index contributed by atoms with van der Waals surface area (Å²) in [7, 11) is 0. The van der Waals surface area contributed by atoms with Crippen LogP contribution in [0, 0.1) is 11.3 Å². The van der Waals surface area contributed by atoms with Crippen molar-refractivity contribution in [2.75, 3.05) is 0 Å². The van der Waals surface area contributed by atoms with Gasteiger partial charge in [0, 0.05) is 17.1 Å². The summed E-state index contributed by atoms with van der Waals surface area (Å²) in [5.74, 6) is -1.44. The molecule has 3 nitrogen and oxygen atoms in total. The van der Waals surface area contributed by atoms with Crippen molar-refractivity contribution in [3.05, 3.63) is 0 Å². The third kappa shape index (κ3) is 9.77. The van der Waals surface area contributed by atoms with Gasteiger partial charge in [-0.25, -0.2) is 4.79 Å². The molecule has 0 heterocycles. The Morgan fingerprint density at radius 2 is 2.00 bits per heavy atom. The van der Waals surface area contributed by atoms with Gasteiger partial charge in [-0.2, -0.15) is 5.26 Å². The first-order chi connectivity index (χ1) is 2.27. The van der Waals surface area contributed by atoms with E-state index in [1.165, 1.54) is 0 Å². The first kappa shape index (κ1) is 9.08. The molecule has 0 aromatic heterocycles. The van der Waals surface area contributed by atoms with Crippen LogP contribution >= 0.6 is 0 Å². The van der Waals surface area contributed by atoms with Crippen LogP contribution in [-0.2, 0) is 21.9 Å². The smallest absolute Gasteiger partial charge is 0.408 e. The number of aliphatic carboxylic acids is 1. The number of rotatable bonds is 0. The van der Waals surface area contributed by atoms with Crippen molar-refractivity contribution in [1.82, 2.24) is 0 Å². The monoisotopic (exact) mass is 127 g/mol. The van der Waals surface area contributed by atoms with Crippen molar-refractivity contribution in [2.24, 2.45) is 0 Å². The number of carboxylic acid groups (broad SMARTS) is 1. The molecule has 0 atom stereocenters. The van der Waals surface area contributed by atoms with Crippen LogP contribution in [0.2, 0.25) is 0 Å². The van der Waals surface area contributed by atoms with Crippen LogP contribution in [0.15, 0.2) is 0 Å². The Morgan fingerprint density at radius 3 is 2.00 bits per heavy atom. The topological polar surface area (TPSA) is 61.1 Å². The van der Waals surface area contributed by atoms with Gasteiger partial charge in [0.25, 0.3) is 0 Å². The van der Waals surface area contributed by atoms with Gasteiger partial charge >= 0.3 is 5.97 Å². The Bertz CT molecular complexity index is 84.0. The van der Waals surface area contributed by atoms with Gasteiger partial charge in [0.1, 0.15) is 0 Å². The van der Waals surface area contributed by atoms with E-state index in [0.29, 0.717) is 0 Å². The fourth-order valence-electron chi connectivity index (χ4n) is 0. The van der Waals surface area contributed by atoms with Gasteiger partial charge < -0.3 is 5.11 Å². The molecule has 0 amide bonds. The fraction of sp³-hybridized carbons (Fsp3) is 0. The Hall–Kier alpha value is -0.521. The molecule has 0 aliphatic carbocycles. The normalized spacial score (nSPS) is 4.50. The van der Waals surface area contributed by atoms with Gasteiger partial charge in [-0.05, 0) is 0 Å². The summed E-state index contributed by atoms with van der Waals surface area (Å²) in [4.78, 5) is 9.01. The molecule has 0 aliphatic rings. The summed E-state index contributed by atoms with van der Waals surface area (Å²) in [6, 6.07) is 0.944. The van der Waals surface area contributed by atoms with E-state index in [1.807, 2.05) is 0 Å². The number of nitrogens with zero attached hydrogens (tertiary/aromatic N) is 1. The molecule has 0 rings (SSSR count). The summed E-state index contributed by atoms with van der Waals surface area (Å²) in [6.07, 6.45) is 0. The molecule has 34 valence electrons. The van der Waals surface area contributed by atoms with Crippen molar-refractivity contribution in [3.8, 4) is 6.07 Å². The Labute approximate surface area is 45.0 Å². The third-order valence-corrected chi connectivity index (χ3v) is 0.0956. The Kier molecular flexibility index (Phi) is 6.78. The number of hydrogen-bond donors (Lipinski definition) is 1. The maximum absolute atomic E-state index is 9.01. The minimum atomic E-state index is -1.44. The Balaban J connectivity index is 0. The second-order valence-electron chi connectivity index (χ2n) is 0.417. The molecule has 0 saturated heterocycles. The third-order valence-electron chi connectivity index (χ3n) is 0.0956. The van der Waals surface area contributed by atoms with Crippen LogP contribution in [0.25, 0.3) is 0 Å². The molecule has 0 bridgehead atoms. The van der Waals surface area contributed by atoms with Gasteiger partial charge in [-0.3, -0.25) is 0 Å². The SMILES string of the molecule is N#CC(=O)O.[Fe]. The summed E-state index contributed by atoms with van der Waals surface area (Å²) in [6.45, 7) is 0. The number of carboxylic acids is 1. The van der Waals surface area contributed by atoms with Crippen LogP contribution in [0.4, 0.5) is 0 Å². The molecule has 1 N–H and O–H groups in total. The van der Waals surface area contributed by atoms with E-state index < -0.39 is 5.97 Å². The molecular formula is C2HFeNO2. The fourth-order valence-corrected chi connectivity index (χ4v) is 0. The first-order valence-electron chi connectivity index (χ1n) is 0.901. The van der Waals surface area contributed by atoms with E-state index in [2.05, 4.69) is 0 Å². The molecule has 6 heavy (non-hydrogen) atoms. The number of carbonyl (C=O) groups is 1. The molecular weight excluding hydrogens is 126 g/mol. The minimum Gasteiger partial charge on any atom is -0.470 e. The van der Waals surface area contributed by atoms with Crippen LogP contribution in [-0.4, -0.2) is 11.1 Å². The molecule has 0 radical (unpaired) electrons. The number of nitriles is 1. The van der Waals surface area contributed by atoms with Crippen molar-refractivity contribution in [2.45, 2.75) is 0 Å². The zero-order valence-electron chi connectivity index (χ0n) is 2.66. The van der Waals surface area contributed by atoms with Crippen molar-refractivity contribution in [3.63, 3.8) is 0 Å². The van der Waals surface area contributed by atoms with Gasteiger partial charge in [0.05, 0.1) is 0 Å². The van der Waals surface area contributed by atoms with Crippen LogP contribution in [0.1, 0.15) is 0 Å². The van der Waals surface area contributed by atoms with Gasteiger partial charge in [0.15, 0.2) is 6.07 Å². The van der Waals surface area contributed by atoms with Crippen molar-refractivity contribution >= 4 is 5.97 Å². The average Bonchev–Trinajstić information content (AvgIpc) is 1.38. The molecule has 0 aromatic carbocycles. The summed E-state index contributed by atoms with van der Waals surface area (Å²) in [5, 5.41) is 14.7. The predicted octanol–water partition coefficient (Wildman–Crippen LogP) is -0.408. The van der Waals surface area contributed by atoms with Crippen molar-refractivity contribution < 1.29 is 27.0 Å².